The number of hydrogen-bond donors (Lipinski definition) is 3. The maximum Gasteiger partial charge on any atom is 0.326 e. The molecule has 0 atom stereocenters. The summed E-state index contributed by atoms with van der Waals surface area (Å²) in [6.45, 7) is 0.124. The van der Waals surface area contributed by atoms with E-state index in [0.29, 0.717) is 11.1 Å². The van der Waals surface area contributed by atoms with Gasteiger partial charge in [0, 0.05) is 18.2 Å². The standard InChI is InChI=1S/C15H19N3O3/c19-8-7-16-14(20)10-5-6-13-12(9-10)17-15(21)18(13)11-3-1-2-4-11/h5-6,9,11,19H,1-4,7-8H2,(H,16,20)(H,17,21). The summed E-state index contributed by atoms with van der Waals surface area (Å²) in [6, 6.07) is 5.49. The van der Waals surface area contributed by atoms with Gasteiger partial charge in [0.2, 0.25) is 0 Å². The molecule has 0 unspecified atom stereocenters. The number of aliphatic hydroxyl groups excluding tert-OH is 1. The van der Waals surface area contributed by atoms with Crippen molar-refractivity contribution in [3.05, 3.63) is 34.2 Å². The highest BCUT2D eigenvalue weighted by Crippen LogP contribution is 2.30. The van der Waals surface area contributed by atoms with Crippen LogP contribution in [0.5, 0.6) is 0 Å². The first-order valence-corrected chi connectivity index (χ1v) is 7.34. The van der Waals surface area contributed by atoms with E-state index in [-0.39, 0.29) is 30.8 Å². The Morgan fingerprint density at radius 1 is 1.38 bits per heavy atom. The van der Waals surface area contributed by atoms with Crippen LogP contribution in [-0.4, -0.2) is 33.7 Å². The van der Waals surface area contributed by atoms with Gasteiger partial charge < -0.3 is 15.4 Å². The highest BCUT2D eigenvalue weighted by Gasteiger charge is 2.21. The molecule has 0 spiro atoms. The molecule has 6 nitrogen and oxygen atoms in total. The third-order valence-corrected chi connectivity index (χ3v) is 4.07. The molecule has 0 radical (unpaired) electrons. The van der Waals surface area contributed by atoms with Crippen LogP contribution in [0.4, 0.5) is 0 Å². The van der Waals surface area contributed by atoms with Crippen molar-refractivity contribution in [1.82, 2.24) is 14.9 Å². The lowest BCUT2D eigenvalue weighted by Crippen LogP contribution is -2.26. The van der Waals surface area contributed by atoms with Crippen LogP contribution in [0.25, 0.3) is 11.0 Å². The van der Waals surface area contributed by atoms with Crippen LogP contribution in [0, 0.1) is 0 Å². The number of amides is 1. The molecule has 112 valence electrons. The van der Waals surface area contributed by atoms with Crippen molar-refractivity contribution in [2.24, 2.45) is 0 Å². The number of benzene rings is 1. The number of carbonyl (C=O) groups excluding carboxylic acids is 1. The molecule has 1 amide bonds. The Balaban J connectivity index is 1.96. The smallest absolute Gasteiger partial charge is 0.326 e. The van der Waals surface area contributed by atoms with E-state index in [2.05, 4.69) is 10.3 Å². The zero-order valence-corrected chi connectivity index (χ0v) is 11.8. The van der Waals surface area contributed by atoms with E-state index in [9.17, 15) is 9.59 Å². The molecule has 1 fully saturated rings. The van der Waals surface area contributed by atoms with Gasteiger partial charge in [-0.1, -0.05) is 12.8 Å². The number of rotatable bonds is 4. The van der Waals surface area contributed by atoms with Crippen molar-refractivity contribution < 1.29 is 9.90 Å². The van der Waals surface area contributed by atoms with Crippen LogP contribution in [-0.2, 0) is 0 Å². The summed E-state index contributed by atoms with van der Waals surface area (Å²) in [6.07, 6.45) is 4.38. The van der Waals surface area contributed by atoms with Crippen LogP contribution < -0.4 is 11.0 Å². The third-order valence-electron chi connectivity index (χ3n) is 4.07. The van der Waals surface area contributed by atoms with Gasteiger partial charge >= 0.3 is 5.69 Å². The first-order chi connectivity index (χ1) is 10.2. The van der Waals surface area contributed by atoms with Gasteiger partial charge in [0.1, 0.15) is 0 Å². The third kappa shape index (κ3) is 2.58. The second kappa shape index (κ2) is 5.73. The SMILES string of the molecule is O=C(NCCO)c1ccc2c(c1)[nH]c(=O)n2C1CCCC1. The lowest BCUT2D eigenvalue weighted by Gasteiger charge is -2.11. The maximum atomic E-state index is 12.2. The maximum absolute atomic E-state index is 12.2. The molecule has 1 aromatic heterocycles. The second-order valence-corrected chi connectivity index (χ2v) is 5.45. The van der Waals surface area contributed by atoms with Crippen molar-refractivity contribution in [3.8, 4) is 0 Å². The normalized spacial score (nSPS) is 15.7. The Kier molecular flexibility index (Phi) is 3.79. The summed E-state index contributed by atoms with van der Waals surface area (Å²) in [7, 11) is 0. The van der Waals surface area contributed by atoms with E-state index in [1.165, 1.54) is 0 Å². The van der Waals surface area contributed by atoms with E-state index >= 15 is 0 Å². The van der Waals surface area contributed by atoms with Crippen LogP contribution in [0.15, 0.2) is 23.0 Å². The number of imidazole rings is 1. The van der Waals surface area contributed by atoms with Gasteiger partial charge in [-0.2, -0.15) is 0 Å². The zero-order valence-electron chi connectivity index (χ0n) is 11.8. The molecule has 0 bridgehead atoms. The second-order valence-electron chi connectivity index (χ2n) is 5.45. The van der Waals surface area contributed by atoms with Crippen molar-refractivity contribution in [1.29, 1.82) is 0 Å². The summed E-state index contributed by atoms with van der Waals surface area (Å²) in [5.41, 5.74) is 1.91. The van der Waals surface area contributed by atoms with Crippen molar-refractivity contribution in [3.63, 3.8) is 0 Å². The molecule has 3 rings (SSSR count). The van der Waals surface area contributed by atoms with E-state index in [1.807, 2.05) is 10.6 Å². The number of aromatic nitrogens is 2. The van der Waals surface area contributed by atoms with Gasteiger partial charge in [-0.25, -0.2) is 4.79 Å². The number of nitrogens with zero attached hydrogens (tertiary/aromatic N) is 1. The molecule has 1 aromatic carbocycles. The molecule has 1 aliphatic carbocycles. The lowest BCUT2D eigenvalue weighted by atomic mass is 10.1. The number of fused-ring (bicyclic) bond motifs is 1. The Morgan fingerprint density at radius 3 is 2.86 bits per heavy atom. The van der Waals surface area contributed by atoms with Crippen molar-refractivity contribution in [2.75, 3.05) is 13.2 Å². The van der Waals surface area contributed by atoms with E-state index in [4.69, 9.17) is 5.11 Å². The van der Waals surface area contributed by atoms with Crippen molar-refractivity contribution in [2.45, 2.75) is 31.7 Å². The van der Waals surface area contributed by atoms with Crippen LogP contribution in [0.2, 0.25) is 0 Å². The first kappa shape index (κ1) is 13.9. The van der Waals surface area contributed by atoms with Crippen LogP contribution >= 0.6 is 0 Å². The molecule has 0 aliphatic heterocycles. The fourth-order valence-electron chi connectivity index (χ4n) is 3.07. The number of H-pyrrole nitrogens is 1. The minimum Gasteiger partial charge on any atom is -0.395 e. The van der Waals surface area contributed by atoms with Crippen molar-refractivity contribution >= 4 is 16.9 Å². The predicted octanol–water partition coefficient (Wildman–Crippen LogP) is 1.17. The molecule has 6 heteroatoms. The fraction of sp³-hybridized carbons (Fsp3) is 0.467. The monoisotopic (exact) mass is 289 g/mol. The molecule has 2 aromatic rings. The number of aliphatic hydroxyl groups is 1. The van der Waals surface area contributed by atoms with E-state index in [0.717, 1.165) is 31.2 Å². The summed E-state index contributed by atoms with van der Waals surface area (Å²) in [5.74, 6) is -0.250. The average Bonchev–Trinajstić information content (AvgIpc) is 3.09. The van der Waals surface area contributed by atoms with Gasteiger partial charge in [0.05, 0.1) is 17.6 Å². The summed E-state index contributed by atoms with van der Waals surface area (Å²) in [4.78, 5) is 26.9. The van der Waals surface area contributed by atoms with E-state index < -0.39 is 0 Å². The van der Waals surface area contributed by atoms with Gasteiger partial charge in [-0.05, 0) is 31.0 Å². The van der Waals surface area contributed by atoms with Gasteiger partial charge in [-0.15, -0.1) is 0 Å². The number of nitrogens with one attached hydrogen (secondary N) is 2. The first-order valence-electron chi connectivity index (χ1n) is 7.34. The Hall–Kier alpha value is -2.08. The van der Waals surface area contributed by atoms with Gasteiger partial charge in [0.15, 0.2) is 0 Å². The Morgan fingerprint density at radius 2 is 2.14 bits per heavy atom. The highest BCUT2D eigenvalue weighted by molar-refractivity contribution is 5.97. The molecule has 1 heterocycles. The lowest BCUT2D eigenvalue weighted by molar-refractivity contribution is 0.0945. The predicted molar refractivity (Wildman–Crippen MR) is 79.5 cm³/mol. The summed E-state index contributed by atoms with van der Waals surface area (Å²) >= 11 is 0. The molecule has 3 N–H and O–H groups in total. The molecular weight excluding hydrogens is 270 g/mol. The highest BCUT2D eigenvalue weighted by atomic mass is 16.3. The summed E-state index contributed by atoms with van der Waals surface area (Å²) in [5, 5.41) is 11.3. The molecule has 21 heavy (non-hydrogen) atoms. The fourth-order valence-corrected chi connectivity index (χ4v) is 3.07. The number of aromatic amines is 1. The number of hydrogen-bond acceptors (Lipinski definition) is 3. The van der Waals surface area contributed by atoms with Crippen LogP contribution in [0.1, 0.15) is 42.1 Å². The summed E-state index contributed by atoms with van der Waals surface area (Å²) < 4.78 is 1.82. The minimum atomic E-state index is -0.250. The Labute approximate surface area is 121 Å². The zero-order chi connectivity index (χ0) is 14.8. The number of carbonyl (C=O) groups is 1. The molecular formula is C15H19N3O3. The molecule has 1 saturated carbocycles. The molecule has 1 aliphatic rings. The topological polar surface area (TPSA) is 87.1 Å². The minimum absolute atomic E-state index is 0.0944. The van der Waals surface area contributed by atoms with Gasteiger partial charge in [-0.3, -0.25) is 9.36 Å². The largest absolute Gasteiger partial charge is 0.395 e. The quantitative estimate of drug-likeness (QED) is 0.789. The molecule has 0 saturated heterocycles. The van der Waals surface area contributed by atoms with Gasteiger partial charge in [0.25, 0.3) is 5.91 Å². The van der Waals surface area contributed by atoms with Crippen LogP contribution in [0.3, 0.4) is 0 Å². The Bertz CT molecular complexity index is 711. The van der Waals surface area contributed by atoms with E-state index in [1.54, 1.807) is 12.1 Å². The average molecular weight is 289 g/mol.